The fourth-order valence-electron chi connectivity index (χ4n) is 1.30. The molecule has 14 heavy (non-hydrogen) atoms. The minimum absolute atomic E-state index is 0.0559. The summed E-state index contributed by atoms with van der Waals surface area (Å²) < 4.78 is 0. The maximum absolute atomic E-state index is 10.9. The van der Waals surface area contributed by atoms with Crippen molar-refractivity contribution < 1.29 is 15.0 Å². The van der Waals surface area contributed by atoms with E-state index >= 15 is 0 Å². The van der Waals surface area contributed by atoms with E-state index in [4.69, 9.17) is 10.8 Å². The summed E-state index contributed by atoms with van der Waals surface area (Å²) >= 11 is 0. The average Bonchev–Trinajstić information content (AvgIpc) is 2.09. The van der Waals surface area contributed by atoms with Crippen LogP contribution in [0, 0.1) is 6.92 Å². The third-order valence-corrected chi connectivity index (χ3v) is 2.31. The fourth-order valence-corrected chi connectivity index (χ4v) is 1.30. The summed E-state index contributed by atoms with van der Waals surface area (Å²) in [5.41, 5.74) is 5.09. The van der Waals surface area contributed by atoms with E-state index in [0.717, 1.165) is 0 Å². The first kappa shape index (κ1) is 10.5. The van der Waals surface area contributed by atoms with Crippen LogP contribution >= 0.6 is 0 Å². The predicted molar refractivity (Wildman–Crippen MR) is 52.0 cm³/mol. The Morgan fingerprint density at radius 2 is 2.07 bits per heavy atom. The molecule has 0 aliphatic rings. The molecule has 0 saturated heterocycles. The highest BCUT2D eigenvalue weighted by atomic mass is 16.4. The van der Waals surface area contributed by atoms with Gasteiger partial charge in [0.2, 0.25) is 0 Å². The first-order valence-corrected chi connectivity index (χ1v) is 4.18. The summed E-state index contributed by atoms with van der Waals surface area (Å²) in [7, 11) is 0. The maximum Gasteiger partial charge on any atom is 0.328 e. The summed E-state index contributed by atoms with van der Waals surface area (Å²) in [6.45, 7) is 3.04. The molecule has 4 N–H and O–H groups in total. The quantitative estimate of drug-likeness (QED) is 0.656. The topological polar surface area (TPSA) is 83.5 Å². The fraction of sp³-hybridized carbons (Fsp3) is 0.300. The number of aliphatic carboxylic acids is 1. The number of carboxylic acids is 1. The van der Waals surface area contributed by atoms with E-state index in [-0.39, 0.29) is 5.75 Å². The van der Waals surface area contributed by atoms with E-state index in [1.54, 1.807) is 19.1 Å². The summed E-state index contributed by atoms with van der Waals surface area (Å²) in [6, 6.07) is 4.67. The van der Waals surface area contributed by atoms with E-state index in [9.17, 15) is 9.90 Å². The molecule has 4 nitrogen and oxygen atoms in total. The van der Waals surface area contributed by atoms with Crippen LogP contribution in [0.3, 0.4) is 0 Å². The van der Waals surface area contributed by atoms with Crippen molar-refractivity contribution >= 4 is 5.97 Å². The van der Waals surface area contributed by atoms with E-state index in [1.165, 1.54) is 13.0 Å². The van der Waals surface area contributed by atoms with Gasteiger partial charge in [-0.2, -0.15) is 0 Å². The van der Waals surface area contributed by atoms with Crippen LogP contribution in [0.25, 0.3) is 0 Å². The second-order valence-corrected chi connectivity index (χ2v) is 3.46. The van der Waals surface area contributed by atoms with Crippen LogP contribution < -0.4 is 5.73 Å². The minimum Gasteiger partial charge on any atom is -0.508 e. The van der Waals surface area contributed by atoms with Gasteiger partial charge in [-0.05, 0) is 31.0 Å². The average molecular weight is 195 g/mol. The minimum atomic E-state index is -1.47. The standard InChI is InChI=1S/C10H13NO3/c1-6-7(4-3-5-8(6)12)10(2,11)9(13)14/h3-5,12H,11H2,1-2H3,(H,13,14). The molecule has 1 aromatic carbocycles. The van der Waals surface area contributed by atoms with Gasteiger partial charge in [0.15, 0.2) is 0 Å². The number of benzene rings is 1. The van der Waals surface area contributed by atoms with Crippen molar-refractivity contribution in [3.8, 4) is 5.75 Å². The van der Waals surface area contributed by atoms with Gasteiger partial charge in [-0.3, -0.25) is 0 Å². The normalized spacial score (nSPS) is 14.8. The van der Waals surface area contributed by atoms with Crippen molar-refractivity contribution in [1.29, 1.82) is 0 Å². The van der Waals surface area contributed by atoms with Gasteiger partial charge in [-0.15, -0.1) is 0 Å². The molecule has 1 unspecified atom stereocenters. The lowest BCUT2D eigenvalue weighted by Gasteiger charge is -2.22. The molecule has 1 rings (SSSR count). The van der Waals surface area contributed by atoms with E-state index < -0.39 is 11.5 Å². The van der Waals surface area contributed by atoms with Crippen molar-refractivity contribution in [3.63, 3.8) is 0 Å². The second-order valence-electron chi connectivity index (χ2n) is 3.46. The summed E-state index contributed by atoms with van der Waals surface area (Å²) in [4.78, 5) is 10.9. The number of carbonyl (C=O) groups is 1. The molecule has 0 bridgehead atoms. The molecule has 0 radical (unpaired) electrons. The van der Waals surface area contributed by atoms with Crippen molar-refractivity contribution in [2.45, 2.75) is 19.4 Å². The monoisotopic (exact) mass is 195 g/mol. The molecule has 0 fully saturated rings. The van der Waals surface area contributed by atoms with Gasteiger partial charge in [-0.1, -0.05) is 12.1 Å². The Balaban J connectivity index is 3.33. The Morgan fingerprint density at radius 3 is 2.57 bits per heavy atom. The lowest BCUT2D eigenvalue weighted by molar-refractivity contribution is -0.143. The van der Waals surface area contributed by atoms with Gasteiger partial charge < -0.3 is 15.9 Å². The number of hydrogen-bond donors (Lipinski definition) is 3. The number of carboxylic acid groups (broad SMARTS) is 1. The Morgan fingerprint density at radius 1 is 1.50 bits per heavy atom. The first-order valence-electron chi connectivity index (χ1n) is 4.18. The molecular formula is C10H13NO3. The van der Waals surface area contributed by atoms with Crippen molar-refractivity contribution in [2.24, 2.45) is 5.73 Å². The summed E-state index contributed by atoms with van der Waals surface area (Å²) in [6.07, 6.45) is 0. The highest BCUT2D eigenvalue weighted by Gasteiger charge is 2.32. The van der Waals surface area contributed by atoms with E-state index in [2.05, 4.69) is 0 Å². The molecule has 4 heteroatoms. The van der Waals surface area contributed by atoms with E-state index in [0.29, 0.717) is 11.1 Å². The highest BCUT2D eigenvalue weighted by molar-refractivity contribution is 5.80. The molecule has 0 heterocycles. The first-order chi connectivity index (χ1) is 6.37. The zero-order valence-corrected chi connectivity index (χ0v) is 8.11. The van der Waals surface area contributed by atoms with Gasteiger partial charge >= 0.3 is 5.97 Å². The third-order valence-electron chi connectivity index (χ3n) is 2.31. The molecule has 0 saturated carbocycles. The second kappa shape index (κ2) is 3.31. The predicted octanol–water partition coefficient (Wildman–Crippen LogP) is 0.959. The molecule has 1 atom stereocenters. The van der Waals surface area contributed by atoms with Gasteiger partial charge in [-0.25, -0.2) is 4.79 Å². The van der Waals surface area contributed by atoms with Crippen LogP contribution in [0.4, 0.5) is 0 Å². The van der Waals surface area contributed by atoms with Crippen molar-refractivity contribution in [3.05, 3.63) is 29.3 Å². The molecular weight excluding hydrogens is 182 g/mol. The zero-order valence-electron chi connectivity index (χ0n) is 8.11. The van der Waals surface area contributed by atoms with Crippen LogP contribution in [0.2, 0.25) is 0 Å². The Bertz CT molecular complexity index is 372. The van der Waals surface area contributed by atoms with Crippen LogP contribution in [0.1, 0.15) is 18.1 Å². The molecule has 1 aromatic rings. The largest absolute Gasteiger partial charge is 0.508 e. The number of hydrogen-bond acceptors (Lipinski definition) is 3. The zero-order chi connectivity index (χ0) is 10.9. The third kappa shape index (κ3) is 1.56. The number of nitrogens with two attached hydrogens (primary N) is 1. The van der Waals surface area contributed by atoms with E-state index in [1.807, 2.05) is 0 Å². The van der Waals surface area contributed by atoms with Gasteiger partial charge in [0.25, 0.3) is 0 Å². The Hall–Kier alpha value is -1.55. The number of rotatable bonds is 2. The molecule has 0 aliphatic carbocycles. The summed E-state index contributed by atoms with van der Waals surface area (Å²) in [5, 5.41) is 18.3. The molecule has 0 aromatic heterocycles. The van der Waals surface area contributed by atoms with Gasteiger partial charge in [0.1, 0.15) is 11.3 Å². The van der Waals surface area contributed by atoms with Gasteiger partial charge in [0.05, 0.1) is 0 Å². The highest BCUT2D eigenvalue weighted by Crippen LogP contribution is 2.27. The SMILES string of the molecule is Cc1c(O)cccc1C(C)(N)C(=O)O. The van der Waals surface area contributed by atoms with Crippen LogP contribution in [-0.2, 0) is 10.3 Å². The Kier molecular flexibility index (Phi) is 2.49. The van der Waals surface area contributed by atoms with Gasteiger partial charge in [0, 0.05) is 0 Å². The summed E-state index contributed by atoms with van der Waals surface area (Å²) in [5.74, 6) is -1.06. The molecule has 0 aliphatic heterocycles. The Labute approximate surface area is 82.0 Å². The van der Waals surface area contributed by atoms with Crippen molar-refractivity contribution in [2.75, 3.05) is 0 Å². The molecule has 76 valence electrons. The van der Waals surface area contributed by atoms with Crippen LogP contribution in [-0.4, -0.2) is 16.2 Å². The van der Waals surface area contributed by atoms with Crippen LogP contribution in [0.5, 0.6) is 5.75 Å². The molecule has 0 amide bonds. The van der Waals surface area contributed by atoms with Crippen molar-refractivity contribution in [1.82, 2.24) is 0 Å². The van der Waals surface area contributed by atoms with Crippen LogP contribution in [0.15, 0.2) is 18.2 Å². The smallest absolute Gasteiger partial charge is 0.328 e. The lowest BCUT2D eigenvalue weighted by Crippen LogP contribution is -2.42. The lowest BCUT2D eigenvalue weighted by atomic mass is 9.89. The number of phenols is 1. The number of aromatic hydroxyl groups is 1. The molecule has 0 spiro atoms. The number of phenolic OH excluding ortho intramolecular Hbond substituents is 1. The maximum atomic E-state index is 10.9.